The number of methoxy groups -OCH3 is 1. The average Bonchev–Trinajstić information content (AvgIpc) is 3.15. The molecule has 7 heteroatoms. The summed E-state index contributed by atoms with van der Waals surface area (Å²) >= 11 is 0. The van der Waals surface area contributed by atoms with Crippen molar-refractivity contribution < 1.29 is 17.9 Å². The highest BCUT2D eigenvalue weighted by Crippen LogP contribution is 2.45. The van der Waals surface area contributed by atoms with E-state index in [0.717, 1.165) is 0 Å². The van der Waals surface area contributed by atoms with Crippen LogP contribution < -0.4 is 10.5 Å². The van der Waals surface area contributed by atoms with E-state index in [9.17, 15) is 13.2 Å². The zero-order valence-electron chi connectivity index (χ0n) is 10.3. The molecule has 0 radical (unpaired) electrons. The molecule has 2 aliphatic carbocycles. The summed E-state index contributed by atoms with van der Waals surface area (Å²) in [5, 5.41) is 0. The summed E-state index contributed by atoms with van der Waals surface area (Å²) in [6, 6.07) is 0. The second kappa shape index (κ2) is 4.04. The van der Waals surface area contributed by atoms with Crippen LogP contribution in [-0.4, -0.2) is 38.3 Å². The highest BCUT2D eigenvalue weighted by molar-refractivity contribution is 7.91. The number of sulfonamides is 1. The lowest BCUT2D eigenvalue weighted by Gasteiger charge is -2.18. The van der Waals surface area contributed by atoms with Gasteiger partial charge in [0.05, 0.1) is 6.61 Å². The Bertz CT molecular complexity index is 483. The molecular formula is C11H18N2O4S. The molecule has 0 spiro atoms. The predicted octanol–water partition coefficient (Wildman–Crippen LogP) is -0.485. The summed E-state index contributed by atoms with van der Waals surface area (Å²) in [6.45, 7) is 3.65. The molecular weight excluding hydrogens is 256 g/mol. The Kier molecular flexibility index (Phi) is 3.03. The first kappa shape index (κ1) is 13.5. The van der Waals surface area contributed by atoms with E-state index in [1.165, 1.54) is 7.11 Å². The number of ether oxygens (including phenoxy) is 1. The van der Waals surface area contributed by atoms with Crippen molar-refractivity contribution in [1.82, 2.24) is 4.72 Å². The second-order valence-corrected chi connectivity index (χ2v) is 7.21. The smallest absolute Gasteiger partial charge is 0.254 e. The maximum atomic E-state index is 12.1. The number of rotatable bonds is 6. The summed E-state index contributed by atoms with van der Waals surface area (Å²) < 4.78 is 30.2. The van der Waals surface area contributed by atoms with Crippen molar-refractivity contribution in [2.24, 2.45) is 11.7 Å². The Morgan fingerprint density at radius 2 is 2.22 bits per heavy atom. The zero-order chi connectivity index (χ0) is 13.6. The maximum Gasteiger partial charge on any atom is 0.254 e. The highest BCUT2D eigenvalue weighted by Gasteiger charge is 2.60. The molecule has 2 rings (SSSR count). The number of carbonyl (C=O) groups excluding carboxylic acids is 1. The fraction of sp³-hybridized carbons (Fsp3) is 0.727. The standard InChI is InChI=1S/C11H18N2O4S/c1-3-8-6-11(8,12)9(14)13-18(15,16)10(4-5-10)7-17-2/h3,8H,1,4-7,12H2,2H3,(H,13,14)/t8-,11-/m1/s1. The van der Waals surface area contributed by atoms with Gasteiger partial charge in [-0.05, 0) is 19.3 Å². The second-order valence-electron chi connectivity index (χ2n) is 5.14. The van der Waals surface area contributed by atoms with Gasteiger partial charge >= 0.3 is 0 Å². The minimum Gasteiger partial charge on any atom is -0.383 e. The van der Waals surface area contributed by atoms with Crippen molar-refractivity contribution in [3.05, 3.63) is 12.7 Å². The Labute approximate surface area is 107 Å². The van der Waals surface area contributed by atoms with Gasteiger partial charge in [-0.3, -0.25) is 9.52 Å². The van der Waals surface area contributed by atoms with Crippen LogP contribution in [0.2, 0.25) is 0 Å². The van der Waals surface area contributed by atoms with E-state index < -0.39 is 26.2 Å². The lowest BCUT2D eigenvalue weighted by Crippen LogP contribution is -2.50. The van der Waals surface area contributed by atoms with Crippen molar-refractivity contribution in [1.29, 1.82) is 0 Å². The Balaban J connectivity index is 2.06. The molecule has 2 atom stereocenters. The molecule has 0 saturated heterocycles. The van der Waals surface area contributed by atoms with Gasteiger partial charge in [0.2, 0.25) is 10.0 Å². The van der Waals surface area contributed by atoms with Gasteiger partial charge in [0.1, 0.15) is 10.3 Å². The summed E-state index contributed by atoms with van der Waals surface area (Å²) in [5.41, 5.74) is 4.70. The third kappa shape index (κ3) is 1.96. The van der Waals surface area contributed by atoms with Crippen LogP contribution in [0.4, 0.5) is 0 Å². The fourth-order valence-electron chi connectivity index (χ4n) is 2.08. The molecule has 2 fully saturated rings. The summed E-state index contributed by atoms with van der Waals surface area (Å²) in [7, 11) is -2.28. The Morgan fingerprint density at radius 3 is 2.61 bits per heavy atom. The molecule has 0 bridgehead atoms. The first-order valence-corrected chi connectivity index (χ1v) is 7.27. The lowest BCUT2D eigenvalue weighted by molar-refractivity contribution is -0.121. The normalized spacial score (nSPS) is 32.7. The van der Waals surface area contributed by atoms with Crippen LogP contribution in [0, 0.1) is 5.92 Å². The van der Waals surface area contributed by atoms with Crippen LogP contribution in [0.5, 0.6) is 0 Å². The van der Waals surface area contributed by atoms with E-state index >= 15 is 0 Å². The van der Waals surface area contributed by atoms with E-state index in [4.69, 9.17) is 10.5 Å². The Morgan fingerprint density at radius 1 is 1.61 bits per heavy atom. The van der Waals surface area contributed by atoms with Crippen LogP contribution in [0.1, 0.15) is 19.3 Å². The lowest BCUT2D eigenvalue weighted by atomic mass is 10.2. The van der Waals surface area contributed by atoms with Crippen molar-refractivity contribution in [3.8, 4) is 0 Å². The first-order chi connectivity index (χ1) is 8.31. The predicted molar refractivity (Wildman–Crippen MR) is 66.1 cm³/mol. The molecule has 2 saturated carbocycles. The van der Waals surface area contributed by atoms with Gasteiger partial charge in [0.15, 0.2) is 0 Å². The van der Waals surface area contributed by atoms with Crippen molar-refractivity contribution in [2.75, 3.05) is 13.7 Å². The minimum atomic E-state index is -3.72. The average molecular weight is 274 g/mol. The van der Waals surface area contributed by atoms with Gasteiger partial charge < -0.3 is 10.5 Å². The number of carbonyl (C=O) groups is 1. The minimum absolute atomic E-state index is 0.0953. The number of nitrogens with one attached hydrogen (secondary N) is 1. The quantitative estimate of drug-likeness (QED) is 0.637. The van der Waals surface area contributed by atoms with Crippen LogP contribution in [0.3, 0.4) is 0 Å². The van der Waals surface area contributed by atoms with Crippen LogP contribution >= 0.6 is 0 Å². The van der Waals surface area contributed by atoms with Crippen molar-refractivity contribution in [3.63, 3.8) is 0 Å². The van der Waals surface area contributed by atoms with E-state index in [2.05, 4.69) is 11.3 Å². The third-order valence-corrected chi connectivity index (χ3v) is 5.90. The number of nitrogens with two attached hydrogens (primary N) is 1. The van der Waals surface area contributed by atoms with Gasteiger partial charge in [-0.2, -0.15) is 0 Å². The highest BCUT2D eigenvalue weighted by atomic mass is 32.2. The summed E-state index contributed by atoms with van der Waals surface area (Å²) in [6.07, 6.45) is 3.03. The van der Waals surface area contributed by atoms with E-state index in [0.29, 0.717) is 19.3 Å². The van der Waals surface area contributed by atoms with E-state index in [1.807, 2.05) is 0 Å². The van der Waals surface area contributed by atoms with Crippen molar-refractivity contribution >= 4 is 15.9 Å². The number of hydrogen-bond acceptors (Lipinski definition) is 5. The third-order valence-electron chi connectivity index (χ3n) is 3.78. The van der Waals surface area contributed by atoms with Gasteiger partial charge in [0, 0.05) is 13.0 Å². The van der Waals surface area contributed by atoms with E-state index in [-0.39, 0.29) is 12.5 Å². The molecule has 2 aliphatic rings. The van der Waals surface area contributed by atoms with Gasteiger partial charge in [0.25, 0.3) is 5.91 Å². The molecule has 102 valence electrons. The summed E-state index contributed by atoms with van der Waals surface area (Å²) in [5.74, 6) is -0.792. The molecule has 0 unspecified atom stereocenters. The van der Waals surface area contributed by atoms with Gasteiger partial charge in [-0.25, -0.2) is 8.42 Å². The van der Waals surface area contributed by atoms with E-state index in [1.54, 1.807) is 6.08 Å². The molecule has 0 aromatic heterocycles. The zero-order valence-corrected chi connectivity index (χ0v) is 11.1. The molecule has 0 aromatic carbocycles. The topological polar surface area (TPSA) is 98.5 Å². The Hall–Kier alpha value is -0.920. The molecule has 1 amide bonds. The summed E-state index contributed by atoms with van der Waals surface area (Å²) in [4.78, 5) is 11.9. The molecule has 0 aromatic rings. The van der Waals surface area contributed by atoms with Crippen molar-refractivity contribution in [2.45, 2.75) is 29.5 Å². The fourth-order valence-corrected chi connectivity index (χ4v) is 3.64. The van der Waals surface area contributed by atoms with Crippen LogP contribution in [-0.2, 0) is 19.6 Å². The largest absolute Gasteiger partial charge is 0.383 e. The molecule has 0 aliphatic heterocycles. The number of hydrogen-bond donors (Lipinski definition) is 2. The monoisotopic (exact) mass is 274 g/mol. The molecule has 18 heavy (non-hydrogen) atoms. The SMILES string of the molecule is C=C[C@@H]1C[C@]1(N)C(=O)NS(=O)(=O)C1(COC)CC1. The van der Waals surface area contributed by atoms with Crippen LogP contribution in [0.25, 0.3) is 0 Å². The number of amides is 1. The molecule has 6 nitrogen and oxygen atoms in total. The maximum absolute atomic E-state index is 12.1. The van der Waals surface area contributed by atoms with Gasteiger partial charge in [-0.15, -0.1) is 6.58 Å². The van der Waals surface area contributed by atoms with Crippen LogP contribution in [0.15, 0.2) is 12.7 Å². The van der Waals surface area contributed by atoms with Gasteiger partial charge in [-0.1, -0.05) is 6.08 Å². The molecule has 0 heterocycles. The first-order valence-electron chi connectivity index (χ1n) is 5.78. The molecule has 3 N–H and O–H groups in total.